The molecule has 2 rings (SSSR count). The van der Waals surface area contributed by atoms with E-state index < -0.39 is 10.0 Å². The number of ether oxygens (including phenoxy) is 1. The van der Waals surface area contributed by atoms with E-state index in [0.717, 1.165) is 0 Å². The van der Waals surface area contributed by atoms with E-state index in [4.69, 9.17) is 33.7 Å². The van der Waals surface area contributed by atoms with Crippen LogP contribution in [-0.4, -0.2) is 38.5 Å². The van der Waals surface area contributed by atoms with Gasteiger partial charge in [0.25, 0.3) is 0 Å². The van der Waals surface area contributed by atoms with E-state index in [9.17, 15) is 8.42 Å². The molecule has 5 nitrogen and oxygen atoms in total. The molecule has 1 saturated heterocycles. The maximum atomic E-state index is 12.7. The van der Waals surface area contributed by atoms with Crippen LogP contribution in [0.5, 0.6) is 0 Å². The Bertz CT molecular complexity index is 591. The highest BCUT2D eigenvalue weighted by Gasteiger charge is 2.32. The SMILES string of the molecule is CCOC1CCN(S(=O)(=O)c2c(Cl)cc(N)cc2Cl)CC1. The molecule has 0 spiro atoms. The van der Waals surface area contributed by atoms with Gasteiger partial charge in [0, 0.05) is 25.4 Å². The molecule has 21 heavy (non-hydrogen) atoms. The highest BCUT2D eigenvalue weighted by molar-refractivity contribution is 7.89. The van der Waals surface area contributed by atoms with Crippen molar-refractivity contribution in [2.45, 2.75) is 30.8 Å². The van der Waals surface area contributed by atoms with Crippen LogP contribution in [0.15, 0.2) is 17.0 Å². The Balaban J connectivity index is 2.24. The molecule has 0 aliphatic carbocycles. The third-order valence-electron chi connectivity index (χ3n) is 3.42. The van der Waals surface area contributed by atoms with E-state index in [1.165, 1.54) is 16.4 Å². The monoisotopic (exact) mass is 352 g/mol. The van der Waals surface area contributed by atoms with Gasteiger partial charge in [0.1, 0.15) is 4.90 Å². The van der Waals surface area contributed by atoms with Crippen molar-refractivity contribution in [2.75, 3.05) is 25.4 Å². The summed E-state index contributed by atoms with van der Waals surface area (Å²) in [4.78, 5) is -0.0742. The maximum Gasteiger partial charge on any atom is 0.246 e. The van der Waals surface area contributed by atoms with Crippen molar-refractivity contribution in [3.05, 3.63) is 22.2 Å². The van der Waals surface area contributed by atoms with Crippen molar-refractivity contribution in [1.82, 2.24) is 4.31 Å². The largest absolute Gasteiger partial charge is 0.399 e. The quantitative estimate of drug-likeness (QED) is 0.845. The van der Waals surface area contributed by atoms with Crippen molar-refractivity contribution >= 4 is 38.9 Å². The number of sulfonamides is 1. The van der Waals surface area contributed by atoms with E-state index in [1.807, 2.05) is 6.92 Å². The van der Waals surface area contributed by atoms with Gasteiger partial charge in [-0.25, -0.2) is 8.42 Å². The molecule has 0 saturated carbocycles. The van der Waals surface area contributed by atoms with E-state index in [1.54, 1.807) is 0 Å². The molecule has 0 amide bonds. The second kappa shape index (κ2) is 6.71. The summed E-state index contributed by atoms with van der Waals surface area (Å²) in [6, 6.07) is 2.79. The summed E-state index contributed by atoms with van der Waals surface area (Å²) in [5.41, 5.74) is 5.94. The standard InChI is InChI=1S/C13H18Cl2N2O3S/c1-2-20-10-3-5-17(6-4-10)21(18,19)13-11(14)7-9(16)8-12(13)15/h7-8,10H,2-6,16H2,1H3. The van der Waals surface area contributed by atoms with Gasteiger partial charge in [-0.05, 0) is 31.9 Å². The lowest BCUT2D eigenvalue weighted by Gasteiger charge is -2.31. The zero-order chi connectivity index (χ0) is 15.6. The number of piperidine rings is 1. The molecule has 1 aromatic rings. The lowest BCUT2D eigenvalue weighted by atomic mass is 10.1. The third kappa shape index (κ3) is 3.63. The van der Waals surface area contributed by atoms with Crippen LogP contribution in [0.2, 0.25) is 10.0 Å². The number of nitrogens with zero attached hydrogens (tertiary/aromatic N) is 1. The first kappa shape index (κ1) is 16.8. The summed E-state index contributed by atoms with van der Waals surface area (Å²) in [5.74, 6) is 0. The van der Waals surface area contributed by atoms with Gasteiger partial charge in [-0.15, -0.1) is 0 Å². The normalized spacial score (nSPS) is 18.0. The first-order valence-electron chi connectivity index (χ1n) is 6.72. The van der Waals surface area contributed by atoms with Crippen LogP contribution in [-0.2, 0) is 14.8 Å². The minimum absolute atomic E-state index is 0.0481. The van der Waals surface area contributed by atoms with Gasteiger partial charge >= 0.3 is 0 Å². The fourth-order valence-corrected chi connectivity index (χ4v) is 5.08. The van der Waals surface area contributed by atoms with Crippen LogP contribution in [0.4, 0.5) is 5.69 Å². The smallest absolute Gasteiger partial charge is 0.246 e. The Morgan fingerprint density at radius 2 is 1.81 bits per heavy atom. The molecular formula is C13H18Cl2N2O3S. The number of halogens is 2. The average Bonchev–Trinajstić information content (AvgIpc) is 2.38. The van der Waals surface area contributed by atoms with E-state index in [0.29, 0.717) is 38.2 Å². The van der Waals surface area contributed by atoms with Crippen LogP contribution in [0.3, 0.4) is 0 Å². The summed E-state index contributed by atoms with van der Waals surface area (Å²) in [5, 5.41) is 0.0962. The molecule has 2 N–H and O–H groups in total. The Morgan fingerprint density at radius 3 is 2.29 bits per heavy atom. The highest BCUT2D eigenvalue weighted by Crippen LogP contribution is 2.34. The predicted octanol–water partition coefficient (Wildman–Crippen LogP) is 2.77. The predicted molar refractivity (Wildman–Crippen MR) is 84.3 cm³/mol. The molecule has 0 radical (unpaired) electrons. The fourth-order valence-electron chi connectivity index (χ4n) is 2.43. The molecule has 1 aromatic carbocycles. The van der Waals surface area contributed by atoms with Gasteiger partial charge < -0.3 is 10.5 Å². The van der Waals surface area contributed by atoms with Crippen LogP contribution < -0.4 is 5.73 Å². The van der Waals surface area contributed by atoms with Crippen molar-refractivity contribution in [1.29, 1.82) is 0 Å². The number of benzene rings is 1. The molecule has 0 atom stereocenters. The van der Waals surface area contributed by atoms with Crippen molar-refractivity contribution in [3.8, 4) is 0 Å². The van der Waals surface area contributed by atoms with Gasteiger partial charge in [0.2, 0.25) is 10.0 Å². The molecule has 1 aliphatic rings. The minimum Gasteiger partial charge on any atom is -0.399 e. The molecule has 1 fully saturated rings. The second-order valence-electron chi connectivity index (χ2n) is 4.87. The van der Waals surface area contributed by atoms with Crippen LogP contribution in [0.25, 0.3) is 0 Å². The van der Waals surface area contributed by atoms with Gasteiger partial charge in [-0.3, -0.25) is 0 Å². The first-order chi connectivity index (χ1) is 9.86. The molecule has 0 aromatic heterocycles. The third-order valence-corrected chi connectivity index (χ3v) is 6.24. The van der Waals surface area contributed by atoms with Crippen LogP contribution >= 0.6 is 23.2 Å². The molecule has 1 heterocycles. The Morgan fingerprint density at radius 1 is 1.29 bits per heavy atom. The highest BCUT2D eigenvalue weighted by atomic mass is 35.5. The molecule has 0 bridgehead atoms. The summed E-state index contributed by atoms with van der Waals surface area (Å²) in [6.07, 6.45) is 1.44. The number of hydrogen-bond acceptors (Lipinski definition) is 4. The number of hydrogen-bond donors (Lipinski definition) is 1. The fraction of sp³-hybridized carbons (Fsp3) is 0.538. The summed E-state index contributed by atoms with van der Waals surface area (Å²) in [7, 11) is -3.72. The van der Waals surface area contributed by atoms with E-state index in [-0.39, 0.29) is 21.0 Å². The van der Waals surface area contributed by atoms with E-state index in [2.05, 4.69) is 0 Å². The zero-order valence-electron chi connectivity index (χ0n) is 11.7. The minimum atomic E-state index is -3.72. The lowest BCUT2D eigenvalue weighted by Crippen LogP contribution is -2.41. The van der Waals surface area contributed by atoms with Crippen molar-refractivity contribution in [3.63, 3.8) is 0 Å². The van der Waals surface area contributed by atoms with Crippen LogP contribution in [0, 0.1) is 0 Å². The molecule has 118 valence electrons. The van der Waals surface area contributed by atoms with Crippen molar-refractivity contribution in [2.24, 2.45) is 0 Å². The Kier molecular flexibility index (Phi) is 5.38. The Hall–Kier alpha value is -0.530. The summed E-state index contributed by atoms with van der Waals surface area (Å²) in [6.45, 7) is 3.35. The molecule has 0 unspecified atom stereocenters. The topological polar surface area (TPSA) is 72.6 Å². The van der Waals surface area contributed by atoms with Gasteiger partial charge in [-0.2, -0.15) is 4.31 Å². The zero-order valence-corrected chi connectivity index (χ0v) is 14.0. The molecule has 1 aliphatic heterocycles. The summed E-state index contributed by atoms with van der Waals surface area (Å²) < 4.78 is 32.3. The average molecular weight is 353 g/mol. The van der Waals surface area contributed by atoms with Crippen LogP contribution in [0.1, 0.15) is 19.8 Å². The van der Waals surface area contributed by atoms with Crippen molar-refractivity contribution < 1.29 is 13.2 Å². The Labute approximate surface area is 135 Å². The molecular weight excluding hydrogens is 335 g/mol. The number of rotatable bonds is 4. The van der Waals surface area contributed by atoms with Gasteiger partial charge in [0.15, 0.2) is 0 Å². The van der Waals surface area contributed by atoms with Gasteiger partial charge in [-0.1, -0.05) is 23.2 Å². The maximum absolute atomic E-state index is 12.7. The second-order valence-corrected chi connectivity index (χ2v) is 7.56. The molecule has 8 heteroatoms. The number of anilines is 1. The number of nitrogens with two attached hydrogens (primary N) is 1. The summed E-state index contributed by atoms with van der Waals surface area (Å²) >= 11 is 12.0. The first-order valence-corrected chi connectivity index (χ1v) is 8.92. The van der Waals surface area contributed by atoms with Gasteiger partial charge in [0.05, 0.1) is 16.1 Å². The lowest BCUT2D eigenvalue weighted by molar-refractivity contribution is 0.0290. The number of nitrogen functional groups attached to an aromatic ring is 1. The van der Waals surface area contributed by atoms with E-state index >= 15 is 0 Å².